The van der Waals surface area contributed by atoms with E-state index in [1.165, 1.54) is 28.0 Å². The van der Waals surface area contributed by atoms with Crippen LogP contribution in [0.5, 0.6) is 0 Å². The molecule has 2 N–H and O–H groups in total. The molecular weight excluding hydrogens is 939 g/mol. The number of hydrogen-bond donors (Lipinski definition) is 2. The molecule has 0 aliphatic carbocycles. The summed E-state index contributed by atoms with van der Waals surface area (Å²) in [4.78, 5) is 67.3. The van der Waals surface area contributed by atoms with Crippen molar-refractivity contribution in [3.8, 4) is 0 Å². The molecule has 12 nitrogen and oxygen atoms in total. The zero-order valence-electron chi connectivity index (χ0n) is 36.3. The lowest BCUT2D eigenvalue weighted by Gasteiger charge is -2.49. The Hall–Kier alpha value is -6.55. The number of aromatic nitrogens is 1. The van der Waals surface area contributed by atoms with E-state index >= 15 is 0 Å². The number of carbonyl (C=O) groups excluding carboxylic acids is 4. The van der Waals surface area contributed by atoms with Crippen LogP contribution in [0.3, 0.4) is 0 Å². The number of hydrogen-bond acceptors (Lipinski definition) is 12. The molecule has 0 saturated carbocycles. The predicted molar refractivity (Wildman–Crippen MR) is 260 cm³/mol. The summed E-state index contributed by atoms with van der Waals surface area (Å²) in [5, 5.41) is 12.5. The van der Waals surface area contributed by atoms with Crippen molar-refractivity contribution in [1.82, 2.24) is 15.2 Å². The Morgan fingerprint density at radius 2 is 1.32 bits per heavy atom. The van der Waals surface area contributed by atoms with Gasteiger partial charge in [0.25, 0.3) is 11.8 Å². The van der Waals surface area contributed by atoms with E-state index in [0.717, 1.165) is 27.8 Å². The highest BCUT2D eigenvalue weighted by Crippen LogP contribution is 2.43. The summed E-state index contributed by atoms with van der Waals surface area (Å²) in [5.41, 5.74) is 3.34. The fraction of sp³-hybridized carbons (Fsp3) is 0.216. The smallest absolute Gasteiger partial charge is 0.356 e. The lowest BCUT2D eigenvalue weighted by molar-refractivity contribution is -0.160. The number of thiazole rings is 1. The number of thioether (sulfide) groups is 1. The van der Waals surface area contributed by atoms with E-state index in [-0.39, 0.29) is 17.1 Å². The molecule has 1 saturated heterocycles. The van der Waals surface area contributed by atoms with Gasteiger partial charge >= 0.3 is 11.9 Å². The molecule has 3 heterocycles. The topological polar surface area (TPSA) is 149 Å². The molecule has 2 amide bonds. The zero-order valence-corrected chi connectivity index (χ0v) is 39.5. The molecule has 8 rings (SSSR count). The number of rotatable bonds is 16. The van der Waals surface area contributed by atoms with Crippen molar-refractivity contribution >= 4 is 73.6 Å². The molecule has 66 heavy (non-hydrogen) atoms. The van der Waals surface area contributed by atoms with Crippen LogP contribution in [0.25, 0.3) is 0 Å². The molecule has 0 radical (unpaired) electrons. The number of β-lactam (4-membered cyclic amide) rings is 1. The van der Waals surface area contributed by atoms with Crippen molar-refractivity contribution < 1.29 is 33.5 Å². The van der Waals surface area contributed by atoms with Crippen molar-refractivity contribution in [3.05, 3.63) is 202 Å². The number of oxime groups is 1. The average molecular weight is 985 g/mol. The third-order valence-corrected chi connectivity index (χ3v) is 13.5. The monoisotopic (exact) mass is 983 g/mol. The Labute approximate surface area is 399 Å². The summed E-state index contributed by atoms with van der Waals surface area (Å²) >= 11 is 6.17. The molecule has 1 fully saturated rings. The fourth-order valence-electron chi connectivity index (χ4n) is 7.84. The molecule has 6 aromatic rings. The van der Waals surface area contributed by atoms with Gasteiger partial charge in [-0.3, -0.25) is 14.5 Å². The van der Waals surface area contributed by atoms with Gasteiger partial charge < -0.3 is 24.9 Å². The quantitative estimate of drug-likeness (QED) is 0.0241. The van der Waals surface area contributed by atoms with Gasteiger partial charge in [-0.15, -0.1) is 23.1 Å². The molecule has 0 unspecified atom stereocenters. The normalized spacial score (nSPS) is 16.2. The first kappa shape index (κ1) is 46.0. The molecule has 1 aromatic heterocycles. The van der Waals surface area contributed by atoms with E-state index in [1.54, 1.807) is 26.2 Å². The van der Waals surface area contributed by atoms with Gasteiger partial charge in [-0.05, 0) is 54.2 Å². The van der Waals surface area contributed by atoms with E-state index < -0.39 is 59.0 Å². The van der Waals surface area contributed by atoms with Crippen molar-refractivity contribution in [1.29, 1.82) is 0 Å². The number of halogens is 1. The van der Waals surface area contributed by atoms with Gasteiger partial charge in [-0.1, -0.05) is 173 Å². The summed E-state index contributed by atoms with van der Waals surface area (Å²) < 4.78 is 11.6. The molecule has 2 atom stereocenters. The number of benzene rings is 5. The van der Waals surface area contributed by atoms with Gasteiger partial charge in [0.1, 0.15) is 33.9 Å². The second-order valence-corrected chi connectivity index (χ2v) is 18.9. The van der Waals surface area contributed by atoms with Gasteiger partial charge in [0.15, 0.2) is 16.9 Å². The van der Waals surface area contributed by atoms with Crippen LogP contribution in [-0.2, 0) is 39.0 Å². The Bertz CT molecular complexity index is 2600. The average Bonchev–Trinajstić information content (AvgIpc) is 3.81. The second kappa shape index (κ2) is 20.3. The highest BCUT2D eigenvalue weighted by atomic mass is 79.9. The molecule has 0 spiro atoms. The third kappa shape index (κ3) is 9.98. The Balaban J connectivity index is 1.08. The van der Waals surface area contributed by atoms with E-state index in [4.69, 9.17) is 19.3 Å². The minimum Gasteiger partial charge on any atom is -0.457 e. The number of nitrogens with zero attached hydrogens (tertiary/aromatic N) is 3. The molecular formula is C51H46BrN5O7S2. The molecule has 336 valence electrons. The Morgan fingerprint density at radius 1 is 0.803 bits per heavy atom. The molecule has 0 bridgehead atoms. The van der Waals surface area contributed by atoms with Crippen LogP contribution in [0.15, 0.2) is 173 Å². The Morgan fingerprint density at radius 3 is 1.82 bits per heavy atom. The summed E-state index contributed by atoms with van der Waals surface area (Å²) in [7, 11) is 0. The van der Waals surface area contributed by atoms with Crippen molar-refractivity contribution in [2.75, 3.05) is 23.0 Å². The molecule has 2 aliphatic rings. The summed E-state index contributed by atoms with van der Waals surface area (Å²) in [6.07, 6.45) is -0.737. The van der Waals surface area contributed by atoms with Crippen LogP contribution in [0.1, 0.15) is 60.4 Å². The van der Waals surface area contributed by atoms with Crippen LogP contribution in [0.4, 0.5) is 5.13 Å². The maximum atomic E-state index is 14.4. The molecule has 15 heteroatoms. The Kier molecular flexibility index (Phi) is 14.2. The highest BCUT2D eigenvalue weighted by Gasteiger charge is 2.55. The number of nitrogens with one attached hydrogen (secondary N) is 2. The molecule has 2 aliphatic heterocycles. The maximum Gasteiger partial charge on any atom is 0.356 e. The van der Waals surface area contributed by atoms with Crippen molar-refractivity contribution in [2.45, 2.75) is 49.4 Å². The summed E-state index contributed by atoms with van der Waals surface area (Å²) in [5.74, 6) is -2.24. The SMILES string of the molecule is CC(C)(C)OC(=O)CON=C(C(=O)N[C@@H]1C(=O)N2C(C(=O)OC(c3ccccc3)c3ccccc3)=C(CBr)CS[C@H]12)c1csc(NC(c2ccccc2)(c2ccccc2)c2ccccc2)n1. The van der Waals surface area contributed by atoms with Gasteiger partial charge in [-0.2, -0.15) is 0 Å². The first-order chi connectivity index (χ1) is 32.0. The summed E-state index contributed by atoms with van der Waals surface area (Å²) in [6.45, 7) is 4.60. The standard InChI is InChI=1S/C51H46BrN5O7S2/c1-50(2,3)64-40(58)30-62-56-41(39-32-66-49(53-39)55-51(36-23-13-6-14-24-36,37-25-15-7-16-26-37)38-27-17-8-18-28-38)45(59)54-42-46(60)57-43(35(29-52)31-65-47(42)57)48(61)63-44(33-19-9-4-10-20-33)34-21-11-5-12-22-34/h4-28,32,42,44,47H,29-31H2,1-3H3,(H,53,55)(H,54,59)/t42-,47-/m1/s1. The van der Waals surface area contributed by atoms with Crippen molar-refractivity contribution in [2.24, 2.45) is 5.16 Å². The predicted octanol–water partition coefficient (Wildman–Crippen LogP) is 8.99. The van der Waals surface area contributed by atoms with Gasteiger partial charge in [0.2, 0.25) is 6.61 Å². The van der Waals surface area contributed by atoms with Crippen LogP contribution in [-0.4, -0.2) is 74.1 Å². The van der Waals surface area contributed by atoms with Gasteiger partial charge in [-0.25, -0.2) is 14.6 Å². The number of alkyl halides is 1. The van der Waals surface area contributed by atoms with Crippen LogP contribution in [0, 0.1) is 0 Å². The minimum atomic E-state index is -1.05. The van der Waals surface area contributed by atoms with Crippen LogP contribution in [0.2, 0.25) is 0 Å². The lowest BCUT2D eigenvalue weighted by Crippen LogP contribution is -2.71. The first-order valence-corrected chi connectivity index (χ1v) is 24.2. The van der Waals surface area contributed by atoms with Gasteiger partial charge in [0, 0.05) is 16.5 Å². The van der Waals surface area contributed by atoms with E-state index in [1.807, 2.05) is 152 Å². The molecule has 5 aromatic carbocycles. The number of carbonyl (C=O) groups is 4. The second-order valence-electron chi connectivity index (χ2n) is 16.4. The largest absolute Gasteiger partial charge is 0.457 e. The van der Waals surface area contributed by atoms with Crippen LogP contribution >= 0.6 is 39.0 Å². The number of amides is 2. The number of anilines is 1. The zero-order chi connectivity index (χ0) is 46.3. The van der Waals surface area contributed by atoms with E-state index in [2.05, 4.69) is 31.7 Å². The number of esters is 2. The number of fused-ring (bicyclic) bond motifs is 1. The highest BCUT2D eigenvalue weighted by molar-refractivity contribution is 9.09. The number of ether oxygens (including phenoxy) is 2. The third-order valence-electron chi connectivity index (χ3n) is 10.8. The van der Waals surface area contributed by atoms with Gasteiger partial charge in [0.05, 0.1) is 0 Å². The minimum absolute atomic E-state index is 0.130. The maximum absolute atomic E-state index is 14.4. The van der Waals surface area contributed by atoms with Crippen molar-refractivity contribution in [3.63, 3.8) is 0 Å². The van der Waals surface area contributed by atoms with E-state index in [9.17, 15) is 19.2 Å². The van der Waals surface area contributed by atoms with Crippen LogP contribution < -0.4 is 10.6 Å². The summed E-state index contributed by atoms with van der Waals surface area (Å²) in [6, 6.07) is 47.7. The van der Waals surface area contributed by atoms with E-state index in [0.29, 0.717) is 21.8 Å². The lowest BCUT2D eigenvalue weighted by atomic mass is 9.77. The first-order valence-electron chi connectivity index (χ1n) is 21.1. The fourth-order valence-corrected chi connectivity index (χ4v) is 10.7.